The Labute approximate surface area is 78.2 Å². The van der Waals surface area contributed by atoms with Crippen LogP contribution in [0.15, 0.2) is 12.4 Å². The van der Waals surface area contributed by atoms with Crippen molar-refractivity contribution in [2.24, 2.45) is 11.7 Å². The number of aliphatic hydroxyl groups excluding tert-OH is 1. The van der Waals surface area contributed by atoms with Gasteiger partial charge in [0.05, 0.1) is 0 Å². The second kappa shape index (κ2) is 4.39. The fraction of sp³-hybridized carbons (Fsp3) is 0.667. The average Bonchev–Trinajstić information content (AvgIpc) is 2.53. The highest BCUT2D eigenvalue weighted by Crippen LogP contribution is 2.16. The molecule has 1 aromatic heterocycles. The molecule has 4 heteroatoms. The summed E-state index contributed by atoms with van der Waals surface area (Å²) < 4.78 is 0. The van der Waals surface area contributed by atoms with Crippen molar-refractivity contribution in [3.8, 4) is 0 Å². The molecule has 0 aliphatic rings. The summed E-state index contributed by atoms with van der Waals surface area (Å²) >= 11 is 0. The van der Waals surface area contributed by atoms with E-state index < -0.39 is 6.10 Å². The van der Waals surface area contributed by atoms with Gasteiger partial charge in [-0.3, -0.25) is 0 Å². The number of aromatic nitrogens is 2. The molecule has 0 aromatic carbocycles. The smallest absolute Gasteiger partial charge is 0.136 e. The van der Waals surface area contributed by atoms with Gasteiger partial charge in [-0.15, -0.1) is 0 Å². The lowest BCUT2D eigenvalue weighted by Crippen LogP contribution is -2.30. The van der Waals surface area contributed by atoms with E-state index in [0.29, 0.717) is 11.7 Å². The van der Waals surface area contributed by atoms with Crippen molar-refractivity contribution in [1.82, 2.24) is 9.97 Å². The first kappa shape index (κ1) is 10.2. The van der Waals surface area contributed by atoms with Gasteiger partial charge in [-0.2, -0.15) is 0 Å². The maximum absolute atomic E-state index is 9.71. The molecule has 0 amide bonds. The number of H-pyrrole nitrogens is 1. The van der Waals surface area contributed by atoms with Gasteiger partial charge in [0.2, 0.25) is 0 Å². The van der Waals surface area contributed by atoms with E-state index >= 15 is 0 Å². The third kappa shape index (κ3) is 2.82. The van der Waals surface area contributed by atoms with Crippen molar-refractivity contribution in [1.29, 1.82) is 0 Å². The van der Waals surface area contributed by atoms with Gasteiger partial charge in [-0.1, -0.05) is 13.8 Å². The number of aromatic amines is 1. The van der Waals surface area contributed by atoms with Gasteiger partial charge in [-0.25, -0.2) is 4.98 Å². The van der Waals surface area contributed by atoms with Gasteiger partial charge in [-0.05, 0) is 12.3 Å². The normalized spacial score (nSPS) is 16.1. The van der Waals surface area contributed by atoms with Crippen LogP contribution in [0.5, 0.6) is 0 Å². The summed E-state index contributed by atoms with van der Waals surface area (Å²) in [5.74, 6) is 1.03. The molecule has 74 valence electrons. The van der Waals surface area contributed by atoms with Crippen LogP contribution in [0.4, 0.5) is 0 Å². The van der Waals surface area contributed by atoms with E-state index in [1.165, 1.54) is 0 Å². The van der Waals surface area contributed by atoms with Crippen LogP contribution in [0, 0.1) is 5.92 Å². The largest absolute Gasteiger partial charge is 0.384 e. The summed E-state index contributed by atoms with van der Waals surface area (Å²) in [5, 5.41) is 9.71. The first-order valence-electron chi connectivity index (χ1n) is 4.54. The lowest BCUT2D eigenvalue weighted by atomic mass is 10.00. The molecule has 1 heterocycles. The van der Waals surface area contributed by atoms with Crippen molar-refractivity contribution in [2.75, 3.05) is 0 Å². The molecule has 0 unspecified atom stereocenters. The van der Waals surface area contributed by atoms with Gasteiger partial charge >= 0.3 is 0 Å². The Kier molecular flexibility index (Phi) is 3.45. The standard InChI is InChI=1S/C9H17N3O/c1-6(2)5-7(10)8(13)9-11-3-4-12-9/h3-4,6-8,13H,5,10H2,1-2H3,(H,11,12)/t7-,8+/m1/s1. The predicted octanol–water partition coefficient (Wildman–Crippen LogP) is 0.817. The monoisotopic (exact) mass is 183 g/mol. The zero-order valence-electron chi connectivity index (χ0n) is 8.07. The molecule has 0 aliphatic carbocycles. The predicted molar refractivity (Wildman–Crippen MR) is 51.0 cm³/mol. The number of aliphatic hydroxyl groups is 1. The van der Waals surface area contributed by atoms with E-state index in [0.717, 1.165) is 6.42 Å². The SMILES string of the molecule is CC(C)C[C@@H](N)[C@H](O)c1ncc[nH]1. The Morgan fingerprint density at radius 2 is 2.31 bits per heavy atom. The summed E-state index contributed by atoms with van der Waals surface area (Å²) in [4.78, 5) is 6.81. The number of nitrogens with two attached hydrogens (primary N) is 1. The molecular weight excluding hydrogens is 166 g/mol. The van der Waals surface area contributed by atoms with Gasteiger partial charge < -0.3 is 15.8 Å². The average molecular weight is 183 g/mol. The molecule has 1 aromatic rings. The van der Waals surface area contributed by atoms with Crippen LogP contribution in [-0.4, -0.2) is 21.1 Å². The molecule has 0 radical (unpaired) electrons. The Hall–Kier alpha value is -0.870. The second-order valence-electron chi connectivity index (χ2n) is 3.71. The molecule has 4 nitrogen and oxygen atoms in total. The Morgan fingerprint density at radius 1 is 1.62 bits per heavy atom. The number of nitrogens with zero attached hydrogens (tertiary/aromatic N) is 1. The maximum Gasteiger partial charge on any atom is 0.136 e. The first-order chi connectivity index (χ1) is 6.11. The molecule has 13 heavy (non-hydrogen) atoms. The van der Waals surface area contributed by atoms with Crippen LogP contribution in [0.1, 0.15) is 32.2 Å². The third-order valence-electron chi connectivity index (χ3n) is 1.95. The molecule has 0 fully saturated rings. The Balaban J connectivity index is 2.52. The van der Waals surface area contributed by atoms with Gasteiger partial charge in [0.15, 0.2) is 0 Å². The highest BCUT2D eigenvalue weighted by Gasteiger charge is 2.19. The van der Waals surface area contributed by atoms with E-state index in [-0.39, 0.29) is 6.04 Å². The van der Waals surface area contributed by atoms with Crippen molar-refractivity contribution < 1.29 is 5.11 Å². The second-order valence-corrected chi connectivity index (χ2v) is 3.71. The lowest BCUT2D eigenvalue weighted by Gasteiger charge is -2.18. The molecule has 0 bridgehead atoms. The van der Waals surface area contributed by atoms with E-state index in [2.05, 4.69) is 23.8 Å². The van der Waals surface area contributed by atoms with Crippen molar-refractivity contribution >= 4 is 0 Å². The third-order valence-corrected chi connectivity index (χ3v) is 1.95. The summed E-state index contributed by atoms with van der Waals surface area (Å²) in [5.41, 5.74) is 5.80. The van der Waals surface area contributed by atoms with E-state index in [1.807, 2.05) is 0 Å². The van der Waals surface area contributed by atoms with Gasteiger partial charge in [0.25, 0.3) is 0 Å². The topological polar surface area (TPSA) is 74.9 Å². The van der Waals surface area contributed by atoms with Crippen LogP contribution in [0.25, 0.3) is 0 Å². The van der Waals surface area contributed by atoms with Crippen molar-refractivity contribution in [3.05, 3.63) is 18.2 Å². The minimum absolute atomic E-state index is 0.244. The molecule has 0 aliphatic heterocycles. The highest BCUT2D eigenvalue weighted by atomic mass is 16.3. The number of hydrogen-bond donors (Lipinski definition) is 3. The molecule has 0 saturated heterocycles. The molecule has 1 rings (SSSR count). The minimum atomic E-state index is -0.683. The lowest BCUT2D eigenvalue weighted by molar-refractivity contribution is 0.128. The van der Waals surface area contributed by atoms with Crippen LogP contribution in [0.2, 0.25) is 0 Å². The number of rotatable bonds is 4. The summed E-state index contributed by atoms with van der Waals surface area (Å²) in [6.45, 7) is 4.16. The van der Waals surface area contributed by atoms with E-state index in [1.54, 1.807) is 12.4 Å². The fourth-order valence-electron chi connectivity index (χ4n) is 1.32. The summed E-state index contributed by atoms with van der Waals surface area (Å²) in [7, 11) is 0. The fourth-order valence-corrected chi connectivity index (χ4v) is 1.32. The number of imidazole rings is 1. The van der Waals surface area contributed by atoms with E-state index in [4.69, 9.17) is 5.73 Å². The molecule has 0 spiro atoms. The Morgan fingerprint density at radius 3 is 2.77 bits per heavy atom. The van der Waals surface area contributed by atoms with Gasteiger partial charge in [0.1, 0.15) is 11.9 Å². The molecular formula is C9H17N3O. The molecule has 0 saturated carbocycles. The Bertz CT molecular complexity index is 233. The summed E-state index contributed by atoms with van der Waals surface area (Å²) in [6, 6.07) is -0.244. The maximum atomic E-state index is 9.71. The highest BCUT2D eigenvalue weighted by molar-refractivity contribution is 4.95. The summed E-state index contributed by atoms with van der Waals surface area (Å²) in [6.07, 6.45) is 3.40. The minimum Gasteiger partial charge on any atom is -0.384 e. The zero-order valence-corrected chi connectivity index (χ0v) is 8.07. The van der Waals surface area contributed by atoms with Gasteiger partial charge in [0, 0.05) is 18.4 Å². The number of nitrogens with one attached hydrogen (secondary N) is 1. The first-order valence-corrected chi connectivity index (χ1v) is 4.54. The van der Waals surface area contributed by atoms with Crippen LogP contribution in [-0.2, 0) is 0 Å². The van der Waals surface area contributed by atoms with Crippen LogP contribution < -0.4 is 5.73 Å². The van der Waals surface area contributed by atoms with Crippen LogP contribution in [0.3, 0.4) is 0 Å². The molecule has 2 atom stereocenters. The van der Waals surface area contributed by atoms with Crippen molar-refractivity contribution in [2.45, 2.75) is 32.4 Å². The quantitative estimate of drug-likeness (QED) is 0.646. The van der Waals surface area contributed by atoms with Crippen molar-refractivity contribution in [3.63, 3.8) is 0 Å². The zero-order chi connectivity index (χ0) is 9.84. The molecule has 4 N–H and O–H groups in total. The number of hydrogen-bond acceptors (Lipinski definition) is 3. The van der Waals surface area contributed by atoms with E-state index in [9.17, 15) is 5.11 Å². The van der Waals surface area contributed by atoms with Crippen LogP contribution >= 0.6 is 0 Å².